The summed E-state index contributed by atoms with van der Waals surface area (Å²) in [5.41, 5.74) is 1.82. The summed E-state index contributed by atoms with van der Waals surface area (Å²) in [6.07, 6.45) is 3.90. The third-order valence-electron chi connectivity index (χ3n) is 7.00. The molecule has 38 heavy (non-hydrogen) atoms. The van der Waals surface area contributed by atoms with Crippen molar-refractivity contribution in [2.24, 2.45) is 0 Å². The Balaban J connectivity index is 1.09. The van der Waals surface area contributed by atoms with Gasteiger partial charge in [-0.3, -0.25) is 19.1 Å². The number of nitrogens with zero attached hydrogens (tertiary/aromatic N) is 3. The van der Waals surface area contributed by atoms with Gasteiger partial charge >= 0.3 is 0 Å². The van der Waals surface area contributed by atoms with Crippen molar-refractivity contribution in [3.05, 3.63) is 62.1 Å². The van der Waals surface area contributed by atoms with Crippen LogP contribution in [0.15, 0.2) is 51.7 Å². The van der Waals surface area contributed by atoms with Gasteiger partial charge in [0, 0.05) is 50.2 Å². The van der Waals surface area contributed by atoms with Gasteiger partial charge in [-0.25, -0.2) is 0 Å². The smallest absolute Gasteiger partial charge is 0.262 e. The number of H-pyrrole nitrogens is 1. The fourth-order valence-corrected chi connectivity index (χ4v) is 5.53. The second-order valence-corrected chi connectivity index (χ2v) is 10.9. The molecular formula is C28H36BrN5O3S. The van der Waals surface area contributed by atoms with E-state index in [0.717, 1.165) is 79.8 Å². The number of carbonyl (C=O) groups excluding carboxylic acids is 1. The maximum absolute atomic E-state index is 12.8. The van der Waals surface area contributed by atoms with E-state index in [4.69, 9.17) is 17.0 Å². The van der Waals surface area contributed by atoms with Gasteiger partial charge in [-0.05, 0) is 68.4 Å². The number of nitrogens with one attached hydrogen (secondary N) is 2. The summed E-state index contributed by atoms with van der Waals surface area (Å²) in [4.78, 5) is 33.0. The van der Waals surface area contributed by atoms with E-state index < -0.39 is 0 Å². The Morgan fingerprint density at radius 3 is 2.63 bits per heavy atom. The summed E-state index contributed by atoms with van der Waals surface area (Å²) in [5, 5.41) is 3.67. The van der Waals surface area contributed by atoms with Gasteiger partial charge in [0.2, 0.25) is 5.91 Å². The van der Waals surface area contributed by atoms with Crippen molar-refractivity contribution in [2.75, 3.05) is 51.3 Å². The summed E-state index contributed by atoms with van der Waals surface area (Å²) in [5.74, 6) is 1.01. The lowest BCUT2D eigenvalue weighted by molar-refractivity contribution is -0.121. The number of ether oxygens (including phenoxy) is 1. The number of aromatic amines is 1. The highest BCUT2D eigenvalue weighted by Gasteiger charge is 2.19. The second-order valence-electron chi connectivity index (χ2n) is 9.59. The fraction of sp³-hybridized carbons (Fsp3) is 0.464. The number of para-hydroxylation sites is 2. The molecule has 0 saturated carbocycles. The number of methoxy groups -OCH3 is 1. The number of carbonyl (C=O) groups is 1. The predicted octanol–water partition coefficient (Wildman–Crippen LogP) is 4.72. The van der Waals surface area contributed by atoms with E-state index in [1.54, 1.807) is 11.7 Å². The van der Waals surface area contributed by atoms with Crippen LogP contribution in [0.1, 0.15) is 32.1 Å². The van der Waals surface area contributed by atoms with Crippen LogP contribution in [0.2, 0.25) is 0 Å². The zero-order chi connectivity index (χ0) is 26.9. The molecule has 8 nitrogen and oxygen atoms in total. The number of aromatic nitrogens is 2. The Kier molecular flexibility index (Phi) is 10.4. The van der Waals surface area contributed by atoms with Crippen LogP contribution in [-0.2, 0) is 11.3 Å². The molecule has 1 aliphatic rings. The number of rotatable bonds is 12. The number of fused-ring (bicyclic) bond motifs is 1. The minimum Gasteiger partial charge on any atom is -0.495 e. The molecule has 1 amide bonds. The Labute approximate surface area is 237 Å². The molecule has 0 bridgehead atoms. The van der Waals surface area contributed by atoms with Gasteiger partial charge in [-0.1, -0.05) is 34.5 Å². The molecule has 3 aromatic rings. The molecule has 1 aromatic heterocycles. The Bertz CT molecular complexity index is 1350. The average Bonchev–Trinajstić information content (AvgIpc) is 2.93. The summed E-state index contributed by atoms with van der Waals surface area (Å²) >= 11 is 8.80. The van der Waals surface area contributed by atoms with E-state index in [-0.39, 0.29) is 11.5 Å². The summed E-state index contributed by atoms with van der Waals surface area (Å²) < 4.78 is 8.40. The van der Waals surface area contributed by atoms with E-state index in [9.17, 15) is 9.59 Å². The highest BCUT2D eigenvalue weighted by atomic mass is 79.9. The van der Waals surface area contributed by atoms with Crippen LogP contribution in [0.3, 0.4) is 0 Å². The highest BCUT2D eigenvalue weighted by molar-refractivity contribution is 9.10. The zero-order valence-electron chi connectivity index (χ0n) is 21.9. The number of piperazine rings is 1. The normalized spacial score (nSPS) is 14.1. The topological polar surface area (TPSA) is 82.6 Å². The molecular weight excluding hydrogens is 566 g/mol. The standard InChI is InChI=1S/C28H36BrN5O3S/c1-37-25-9-5-4-8-24(25)33-18-16-32(17-19-33)14-7-13-30-26(35)10-3-2-6-15-34-27(36)22-20-21(29)11-12-23(22)31-28(34)38/h4-5,8-9,11-12,20H,2-3,6-7,10,13-19H2,1H3,(H,30,35)(H,31,38). The average molecular weight is 603 g/mol. The van der Waals surface area contributed by atoms with Gasteiger partial charge in [0.05, 0.1) is 23.7 Å². The summed E-state index contributed by atoms with van der Waals surface area (Å²) in [7, 11) is 1.72. The number of anilines is 1. The molecule has 2 heterocycles. The first kappa shape index (κ1) is 28.3. The van der Waals surface area contributed by atoms with Crippen LogP contribution in [0, 0.1) is 4.77 Å². The van der Waals surface area contributed by atoms with Gasteiger partial charge in [-0.15, -0.1) is 0 Å². The number of halogens is 1. The molecule has 0 spiro atoms. The van der Waals surface area contributed by atoms with Crippen molar-refractivity contribution >= 4 is 50.6 Å². The molecule has 0 radical (unpaired) electrons. The SMILES string of the molecule is COc1ccccc1N1CCN(CCCNC(=O)CCCCCn2c(=S)[nH]c3ccc(Br)cc3c2=O)CC1. The monoisotopic (exact) mass is 601 g/mol. The fourth-order valence-electron chi connectivity index (χ4n) is 4.88. The largest absolute Gasteiger partial charge is 0.495 e. The zero-order valence-corrected chi connectivity index (χ0v) is 24.3. The molecule has 4 rings (SSSR count). The predicted molar refractivity (Wildman–Crippen MR) is 159 cm³/mol. The second kappa shape index (κ2) is 13.9. The molecule has 0 unspecified atom stereocenters. The molecule has 10 heteroatoms. The van der Waals surface area contributed by atoms with E-state index >= 15 is 0 Å². The lowest BCUT2D eigenvalue weighted by atomic mass is 10.2. The van der Waals surface area contributed by atoms with Gasteiger partial charge in [-0.2, -0.15) is 0 Å². The maximum atomic E-state index is 12.8. The van der Waals surface area contributed by atoms with Crippen molar-refractivity contribution in [3.8, 4) is 5.75 Å². The molecule has 1 aliphatic heterocycles. The minimum absolute atomic E-state index is 0.0796. The first-order valence-corrected chi connectivity index (χ1v) is 14.5. The highest BCUT2D eigenvalue weighted by Crippen LogP contribution is 2.28. The molecule has 2 N–H and O–H groups in total. The van der Waals surface area contributed by atoms with Crippen LogP contribution >= 0.6 is 28.1 Å². The minimum atomic E-state index is -0.0796. The Morgan fingerprint density at radius 2 is 1.84 bits per heavy atom. The number of hydrogen-bond donors (Lipinski definition) is 2. The third kappa shape index (κ3) is 7.45. The molecule has 2 aromatic carbocycles. The third-order valence-corrected chi connectivity index (χ3v) is 7.82. The quantitative estimate of drug-likeness (QED) is 0.231. The van der Waals surface area contributed by atoms with Crippen molar-refractivity contribution in [2.45, 2.75) is 38.6 Å². The van der Waals surface area contributed by atoms with Gasteiger partial charge < -0.3 is 19.9 Å². The molecule has 1 saturated heterocycles. The van der Waals surface area contributed by atoms with E-state index in [0.29, 0.717) is 29.7 Å². The number of amides is 1. The maximum Gasteiger partial charge on any atom is 0.262 e. The van der Waals surface area contributed by atoms with Crippen LogP contribution in [-0.4, -0.2) is 66.7 Å². The van der Waals surface area contributed by atoms with Crippen LogP contribution in [0.25, 0.3) is 10.9 Å². The van der Waals surface area contributed by atoms with E-state index in [1.165, 1.54) is 0 Å². The van der Waals surface area contributed by atoms with E-state index in [1.807, 2.05) is 36.4 Å². The lowest BCUT2D eigenvalue weighted by Crippen LogP contribution is -2.47. The van der Waals surface area contributed by atoms with Gasteiger partial charge in [0.1, 0.15) is 5.75 Å². The van der Waals surface area contributed by atoms with Crippen molar-refractivity contribution in [3.63, 3.8) is 0 Å². The van der Waals surface area contributed by atoms with Gasteiger partial charge in [0.15, 0.2) is 4.77 Å². The summed E-state index contributed by atoms with van der Waals surface area (Å²) in [6.45, 7) is 6.19. The first-order valence-electron chi connectivity index (χ1n) is 13.3. The lowest BCUT2D eigenvalue weighted by Gasteiger charge is -2.36. The molecule has 1 fully saturated rings. The molecule has 0 aliphatic carbocycles. The van der Waals surface area contributed by atoms with Crippen molar-refractivity contribution < 1.29 is 9.53 Å². The Morgan fingerprint density at radius 1 is 1.05 bits per heavy atom. The van der Waals surface area contributed by atoms with Crippen LogP contribution < -0.4 is 20.5 Å². The Hall–Kier alpha value is -2.69. The van der Waals surface area contributed by atoms with Gasteiger partial charge in [0.25, 0.3) is 5.56 Å². The van der Waals surface area contributed by atoms with Crippen molar-refractivity contribution in [1.29, 1.82) is 0 Å². The molecule has 204 valence electrons. The summed E-state index contributed by atoms with van der Waals surface area (Å²) in [6, 6.07) is 13.7. The van der Waals surface area contributed by atoms with Crippen molar-refractivity contribution in [1.82, 2.24) is 19.8 Å². The number of hydrogen-bond acceptors (Lipinski definition) is 6. The van der Waals surface area contributed by atoms with Crippen LogP contribution in [0.5, 0.6) is 5.75 Å². The van der Waals surface area contributed by atoms with E-state index in [2.05, 4.69) is 42.1 Å². The number of benzene rings is 2. The molecule has 0 atom stereocenters. The van der Waals surface area contributed by atoms with Crippen LogP contribution in [0.4, 0.5) is 5.69 Å². The number of unbranched alkanes of at least 4 members (excludes halogenated alkanes) is 2. The first-order chi connectivity index (χ1) is 18.5.